The van der Waals surface area contributed by atoms with Gasteiger partial charge < -0.3 is 19.5 Å². The Morgan fingerprint density at radius 2 is 1.82 bits per heavy atom. The number of hydrogen-bond donors (Lipinski definition) is 1. The fraction of sp³-hybridized carbons (Fsp3) is 0.269. The molecule has 0 saturated heterocycles. The molecule has 33 heavy (non-hydrogen) atoms. The third-order valence-corrected chi connectivity index (χ3v) is 5.93. The minimum absolute atomic E-state index is 0.201. The first-order valence-electron chi connectivity index (χ1n) is 10.8. The largest absolute Gasteiger partial charge is 0.493 e. The van der Waals surface area contributed by atoms with E-state index >= 15 is 0 Å². The number of nitrogens with zero attached hydrogens (tertiary/aromatic N) is 2. The Morgan fingerprint density at radius 3 is 2.58 bits per heavy atom. The highest BCUT2D eigenvalue weighted by atomic mass is 16.5. The highest BCUT2D eigenvalue weighted by Crippen LogP contribution is 2.35. The van der Waals surface area contributed by atoms with Crippen LogP contribution in [0.4, 0.5) is 0 Å². The standard InChI is InChI=1S/C26H26N2O5/c1-32-23-14-13-18(15-24(23)33-2)20-10-6-11-21(27-20)26(31)28(16-25(29)30)22-12-5-8-17-7-3-4-9-19(17)22/h3-4,6-7,9-11,13-15,22H,5,8,12,16H2,1-2H3,(H,29,30). The second-order valence-electron chi connectivity index (χ2n) is 7.91. The number of methoxy groups -OCH3 is 2. The number of aliphatic carboxylic acids is 1. The molecule has 1 heterocycles. The van der Waals surface area contributed by atoms with Gasteiger partial charge in [-0.3, -0.25) is 9.59 Å². The number of carboxylic acids is 1. The van der Waals surface area contributed by atoms with Gasteiger partial charge in [-0.1, -0.05) is 30.3 Å². The topological polar surface area (TPSA) is 89.0 Å². The number of benzene rings is 2. The molecule has 4 rings (SSSR count). The van der Waals surface area contributed by atoms with Gasteiger partial charge in [0, 0.05) is 5.56 Å². The fourth-order valence-electron chi connectivity index (χ4n) is 4.38. The summed E-state index contributed by atoms with van der Waals surface area (Å²) in [5.74, 6) is -0.305. The molecule has 0 spiro atoms. The molecule has 1 aliphatic carbocycles. The van der Waals surface area contributed by atoms with E-state index in [0.717, 1.165) is 29.5 Å². The van der Waals surface area contributed by atoms with Crippen molar-refractivity contribution in [1.29, 1.82) is 0 Å². The first kappa shape index (κ1) is 22.3. The molecule has 3 aromatic rings. The van der Waals surface area contributed by atoms with Gasteiger partial charge in [-0.15, -0.1) is 0 Å². The molecule has 1 amide bonds. The number of rotatable bonds is 7. The number of carbonyl (C=O) groups excluding carboxylic acids is 1. The summed E-state index contributed by atoms with van der Waals surface area (Å²) in [6.45, 7) is -0.389. The lowest BCUT2D eigenvalue weighted by Crippen LogP contribution is -2.40. The van der Waals surface area contributed by atoms with Crippen LogP contribution in [0.25, 0.3) is 11.3 Å². The lowest BCUT2D eigenvalue weighted by atomic mass is 9.86. The minimum atomic E-state index is -1.05. The van der Waals surface area contributed by atoms with E-state index in [1.165, 1.54) is 4.90 Å². The zero-order valence-corrected chi connectivity index (χ0v) is 18.7. The Balaban J connectivity index is 1.69. The summed E-state index contributed by atoms with van der Waals surface area (Å²) in [6, 6.07) is 18.2. The first-order chi connectivity index (χ1) is 16.0. The average molecular weight is 447 g/mol. The first-order valence-corrected chi connectivity index (χ1v) is 10.8. The number of aryl methyl sites for hydroxylation is 1. The fourth-order valence-corrected chi connectivity index (χ4v) is 4.38. The van der Waals surface area contributed by atoms with Crippen LogP contribution in [0.2, 0.25) is 0 Å². The van der Waals surface area contributed by atoms with Gasteiger partial charge in [0.25, 0.3) is 5.91 Å². The molecule has 1 unspecified atom stereocenters. The molecule has 0 bridgehead atoms. The zero-order valence-electron chi connectivity index (χ0n) is 18.7. The lowest BCUT2D eigenvalue weighted by Gasteiger charge is -2.35. The molecule has 0 fully saturated rings. The smallest absolute Gasteiger partial charge is 0.323 e. The number of carbonyl (C=O) groups is 2. The Labute approximate surface area is 192 Å². The van der Waals surface area contributed by atoms with Crippen LogP contribution in [-0.2, 0) is 11.2 Å². The van der Waals surface area contributed by atoms with Crippen molar-refractivity contribution in [3.05, 3.63) is 77.5 Å². The summed E-state index contributed by atoms with van der Waals surface area (Å²) in [6.07, 6.45) is 2.53. The lowest BCUT2D eigenvalue weighted by molar-refractivity contribution is -0.138. The molecule has 1 aliphatic rings. The van der Waals surface area contributed by atoms with Crippen LogP contribution in [0.3, 0.4) is 0 Å². The number of amides is 1. The molecule has 1 aromatic heterocycles. The Kier molecular flexibility index (Phi) is 6.58. The van der Waals surface area contributed by atoms with Crippen molar-refractivity contribution >= 4 is 11.9 Å². The van der Waals surface area contributed by atoms with E-state index in [4.69, 9.17) is 9.47 Å². The summed E-state index contributed by atoms with van der Waals surface area (Å²) in [4.78, 5) is 31.2. The Morgan fingerprint density at radius 1 is 1.03 bits per heavy atom. The van der Waals surface area contributed by atoms with E-state index in [2.05, 4.69) is 4.98 Å². The minimum Gasteiger partial charge on any atom is -0.493 e. The molecular weight excluding hydrogens is 420 g/mol. The van der Waals surface area contributed by atoms with E-state index in [9.17, 15) is 14.7 Å². The van der Waals surface area contributed by atoms with E-state index < -0.39 is 11.9 Å². The average Bonchev–Trinajstić information content (AvgIpc) is 2.86. The predicted molar refractivity (Wildman–Crippen MR) is 124 cm³/mol. The van der Waals surface area contributed by atoms with E-state index in [0.29, 0.717) is 23.6 Å². The van der Waals surface area contributed by atoms with Gasteiger partial charge in [-0.2, -0.15) is 0 Å². The summed E-state index contributed by atoms with van der Waals surface area (Å²) < 4.78 is 10.7. The van der Waals surface area contributed by atoms with Crippen molar-refractivity contribution in [1.82, 2.24) is 9.88 Å². The highest BCUT2D eigenvalue weighted by molar-refractivity contribution is 5.95. The normalized spacial score (nSPS) is 14.8. The van der Waals surface area contributed by atoms with Crippen LogP contribution >= 0.6 is 0 Å². The maximum Gasteiger partial charge on any atom is 0.323 e. The summed E-state index contributed by atoms with van der Waals surface area (Å²) in [5.41, 5.74) is 3.71. The second-order valence-corrected chi connectivity index (χ2v) is 7.91. The molecule has 2 aromatic carbocycles. The van der Waals surface area contributed by atoms with Crippen LogP contribution in [0.15, 0.2) is 60.7 Å². The van der Waals surface area contributed by atoms with Crippen molar-refractivity contribution in [2.24, 2.45) is 0 Å². The van der Waals surface area contributed by atoms with Crippen LogP contribution in [0.1, 0.15) is 40.5 Å². The number of fused-ring (bicyclic) bond motifs is 1. The monoisotopic (exact) mass is 446 g/mol. The number of hydrogen-bond acceptors (Lipinski definition) is 5. The van der Waals surface area contributed by atoms with Gasteiger partial charge >= 0.3 is 5.97 Å². The number of carboxylic acid groups (broad SMARTS) is 1. The summed E-state index contributed by atoms with van der Waals surface area (Å²) in [7, 11) is 3.12. The molecule has 1 atom stereocenters. The molecule has 7 heteroatoms. The molecule has 1 N–H and O–H groups in total. The maximum atomic E-state index is 13.6. The maximum absolute atomic E-state index is 13.6. The van der Waals surface area contributed by atoms with Crippen LogP contribution < -0.4 is 9.47 Å². The third-order valence-electron chi connectivity index (χ3n) is 5.93. The predicted octanol–water partition coefficient (Wildman–Crippen LogP) is 4.37. The van der Waals surface area contributed by atoms with Gasteiger partial charge in [-0.25, -0.2) is 4.98 Å². The van der Waals surface area contributed by atoms with Gasteiger partial charge in [-0.05, 0) is 60.7 Å². The summed E-state index contributed by atoms with van der Waals surface area (Å²) >= 11 is 0. The van der Waals surface area contributed by atoms with E-state index in [-0.39, 0.29) is 18.3 Å². The Bertz CT molecular complexity index is 1180. The molecule has 0 aliphatic heterocycles. The second kappa shape index (κ2) is 9.73. The molecule has 7 nitrogen and oxygen atoms in total. The Hall–Kier alpha value is -3.87. The quantitative estimate of drug-likeness (QED) is 0.580. The number of aromatic nitrogens is 1. The van der Waals surface area contributed by atoms with Crippen molar-refractivity contribution in [3.8, 4) is 22.8 Å². The highest BCUT2D eigenvalue weighted by Gasteiger charge is 2.32. The van der Waals surface area contributed by atoms with Crippen molar-refractivity contribution in [2.75, 3.05) is 20.8 Å². The van der Waals surface area contributed by atoms with Crippen molar-refractivity contribution in [3.63, 3.8) is 0 Å². The van der Waals surface area contributed by atoms with Crippen LogP contribution in [0, 0.1) is 0 Å². The SMILES string of the molecule is COc1ccc(-c2cccc(C(=O)N(CC(=O)O)C3CCCc4ccccc43)n2)cc1OC. The number of ether oxygens (including phenoxy) is 2. The van der Waals surface area contributed by atoms with Crippen molar-refractivity contribution < 1.29 is 24.2 Å². The van der Waals surface area contributed by atoms with Gasteiger partial charge in [0.1, 0.15) is 12.2 Å². The van der Waals surface area contributed by atoms with E-state index in [1.807, 2.05) is 30.3 Å². The zero-order chi connectivity index (χ0) is 23.4. The van der Waals surface area contributed by atoms with Gasteiger partial charge in [0.05, 0.1) is 26.0 Å². The van der Waals surface area contributed by atoms with Crippen LogP contribution in [-0.4, -0.2) is 47.6 Å². The number of pyridine rings is 1. The molecule has 0 saturated carbocycles. The van der Waals surface area contributed by atoms with E-state index in [1.54, 1.807) is 44.6 Å². The van der Waals surface area contributed by atoms with Crippen LogP contribution in [0.5, 0.6) is 11.5 Å². The van der Waals surface area contributed by atoms with Crippen molar-refractivity contribution in [2.45, 2.75) is 25.3 Å². The third kappa shape index (κ3) is 4.67. The van der Waals surface area contributed by atoms with Gasteiger partial charge in [0.15, 0.2) is 11.5 Å². The molecule has 170 valence electrons. The molecular formula is C26H26N2O5. The van der Waals surface area contributed by atoms with Gasteiger partial charge in [0.2, 0.25) is 0 Å². The molecule has 0 radical (unpaired) electrons. The summed E-state index contributed by atoms with van der Waals surface area (Å²) in [5, 5.41) is 9.56.